The third-order valence-corrected chi connectivity index (χ3v) is 14.5. The number of fused-ring (bicyclic) bond motifs is 2. The van der Waals surface area contributed by atoms with E-state index < -0.39 is 17.6 Å². The standard InChI is InChI=1S/C32H34FN3O4.C28H28FN3O5/c1-20-13-23(5-7-26(20)30(37)14-21-3-4-21)29-18-35-32-28(34-17-22-9-11-39-12-10-22)16-25(19-36(29)32)40-24-6-8-31(38-2)27(33)15-24;1-17-11-19(3-5-22(17)28(33)34)25-15-31-27-24(30-14-18-7-9-36-10-8-18)13-21(16-32(25)27)37-20-4-6-26(35-2)23(29)12-20/h5-8,13,15-16,18-19,21-22,34H,3-4,9-12,14,17H2,1-2H3;3-6,11-13,15-16,18,30H,7-10,14H2,1-2H3,(H,33,34). The lowest BCUT2D eigenvalue weighted by atomic mass is 9.98. The van der Waals surface area contributed by atoms with E-state index in [1.807, 2.05) is 64.5 Å². The van der Waals surface area contributed by atoms with Gasteiger partial charge >= 0.3 is 5.97 Å². The van der Waals surface area contributed by atoms with Crippen LogP contribution < -0.4 is 29.6 Å². The molecule has 0 atom stereocenters. The SMILES string of the molecule is COc1ccc(Oc2cc(NCC3CCOCC3)c3ncc(-c4ccc(C(=O)CC5CC5)c(C)c4)n3c2)cc1F.COc1ccc(Oc2cc(NCC3CCOCC3)c3ncc(-c4ccc(C(=O)O)c(C)c4)n3c2)cc1F. The number of imidazole rings is 2. The number of halogens is 2. The lowest BCUT2D eigenvalue weighted by Crippen LogP contribution is -2.22. The average molecular weight is 1050 g/mol. The van der Waals surface area contributed by atoms with Crippen molar-refractivity contribution < 1.29 is 51.9 Å². The molecule has 2 aliphatic heterocycles. The highest BCUT2D eigenvalue weighted by molar-refractivity contribution is 5.98. The summed E-state index contributed by atoms with van der Waals surface area (Å²) >= 11 is 0. The number of aromatic nitrogens is 4. The van der Waals surface area contributed by atoms with Crippen LogP contribution in [0.15, 0.2) is 110 Å². The zero-order valence-electron chi connectivity index (χ0n) is 43.6. The number of ether oxygens (including phenoxy) is 6. The maximum atomic E-state index is 14.4. The number of benzene rings is 4. The number of aryl methyl sites for hydroxylation is 2. The van der Waals surface area contributed by atoms with Gasteiger partial charge in [-0.25, -0.2) is 23.5 Å². The molecule has 2 saturated heterocycles. The van der Waals surface area contributed by atoms with Gasteiger partial charge in [0, 0.05) is 86.9 Å². The number of rotatable bonds is 18. The largest absolute Gasteiger partial charge is 0.494 e. The van der Waals surface area contributed by atoms with Crippen molar-refractivity contribution in [3.8, 4) is 57.0 Å². The maximum absolute atomic E-state index is 14.4. The van der Waals surface area contributed by atoms with Gasteiger partial charge in [0.2, 0.25) is 0 Å². The Hall–Kier alpha value is -8.02. The molecule has 0 amide bonds. The monoisotopic (exact) mass is 1050 g/mol. The Labute approximate surface area is 445 Å². The summed E-state index contributed by atoms with van der Waals surface area (Å²) in [6.45, 7) is 8.37. The predicted octanol–water partition coefficient (Wildman–Crippen LogP) is 12.9. The van der Waals surface area contributed by atoms with E-state index in [0.29, 0.717) is 58.4 Å². The number of carboxylic acid groups (broad SMARTS) is 1. The lowest BCUT2D eigenvalue weighted by molar-refractivity contribution is 0.0693. The first-order valence-corrected chi connectivity index (χ1v) is 26.1. The highest BCUT2D eigenvalue weighted by atomic mass is 19.1. The fourth-order valence-electron chi connectivity index (χ4n) is 9.92. The molecule has 6 heterocycles. The van der Waals surface area contributed by atoms with Gasteiger partial charge in [-0.3, -0.25) is 13.6 Å². The topological polar surface area (TPSA) is 168 Å². The van der Waals surface area contributed by atoms with Gasteiger partial charge in [-0.2, -0.15) is 0 Å². The van der Waals surface area contributed by atoms with Gasteiger partial charge in [-0.05, 0) is 124 Å². The molecule has 4 aromatic heterocycles. The summed E-state index contributed by atoms with van der Waals surface area (Å²) in [5, 5.41) is 16.5. The maximum Gasteiger partial charge on any atom is 0.335 e. The van der Waals surface area contributed by atoms with Crippen LogP contribution in [0.1, 0.15) is 76.8 Å². The van der Waals surface area contributed by atoms with E-state index in [1.165, 1.54) is 32.4 Å². The number of Topliss-reactive ketones (excluding diaryl/α,β-unsaturated/α-hetero) is 1. The van der Waals surface area contributed by atoms with Crippen molar-refractivity contribution in [3.63, 3.8) is 0 Å². The number of nitrogens with one attached hydrogen (secondary N) is 2. The van der Waals surface area contributed by atoms with Crippen LogP contribution in [-0.2, 0) is 9.47 Å². The molecular weight excluding hydrogens is 987 g/mol. The number of nitrogens with zero attached hydrogens (tertiary/aromatic N) is 4. The van der Waals surface area contributed by atoms with E-state index in [-0.39, 0.29) is 22.8 Å². The van der Waals surface area contributed by atoms with Gasteiger partial charge in [0.25, 0.3) is 0 Å². The van der Waals surface area contributed by atoms with E-state index >= 15 is 0 Å². The Bertz CT molecular complexity index is 3430. The number of carboxylic acids is 1. The normalized spacial score (nSPS) is 14.9. The van der Waals surface area contributed by atoms with Gasteiger partial charge in [0.15, 0.2) is 40.2 Å². The van der Waals surface area contributed by atoms with E-state index in [2.05, 4.69) is 15.6 Å². The number of carbonyl (C=O) groups is 2. The Morgan fingerprint density at radius 3 is 1.45 bits per heavy atom. The number of carbonyl (C=O) groups excluding carboxylic acids is 1. The van der Waals surface area contributed by atoms with Crippen LogP contribution in [0, 0.1) is 43.2 Å². The smallest absolute Gasteiger partial charge is 0.335 e. The fourth-order valence-corrected chi connectivity index (χ4v) is 9.92. The summed E-state index contributed by atoms with van der Waals surface area (Å²) in [4.78, 5) is 33.7. The molecule has 1 aliphatic carbocycles. The molecule has 400 valence electrons. The highest BCUT2D eigenvalue weighted by Crippen LogP contribution is 2.37. The van der Waals surface area contributed by atoms with Crippen LogP contribution in [0.2, 0.25) is 0 Å². The fraction of sp³-hybridized carbons (Fsp3) is 0.333. The van der Waals surface area contributed by atoms with Gasteiger partial charge in [-0.15, -0.1) is 0 Å². The minimum absolute atomic E-state index is 0.138. The van der Waals surface area contributed by atoms with E-state index in [1.54, 1.807) is 49.6 Å². The predicted molar refractivity (Wildman–Crippen MR) is 289 cm³/mol. The van der Waals surface area contributed by atoms with Crippen molar-refractivity contribution in [2.24, 2.45) is 17.8 Å². The molecular formula is C60H62F2N6O9. The summed E-state index contributed by atoms with van der Waals surface area (Å²) in [6, 6.07) is 23.9. The second-order valence-corrected chi connectivity index (χ2v) is 20.0. The lowest BCUT2D eigenvalue weighted by Gasteiger charge is -2.23. The average Bonchev–Trinajstić information content (AvgIpc) is 3.97. The second-order valence-electron chi connectivity index (χ2n) is 20.0. The van der Waals surface area contributed by atoms with E-state index in [0.717, 1.165) is 129 Å². The van der Waals surface area contributed by atoms with Crippen LogP contribution >= 0.6 is 0 Å². The molecule has 3 aliphatic rings. The number of methoxy groups -OCH3 is 2. The third-order valence-electron chi connectivity index (χ3n) is 14.5. The van der Waals surface area contributed by atoms with Crippen LogP contribution in [0.25, 0.3) is 33.8 Å². The first-order chi connectivity index (χ1) is 37.4. The van der Waals surface area contributed by atoms with Crippen LogP contribution in [-0.4, -0.2) is 89.4 Å². The van der Waals surface area contributed by atoms with Crippen molar-refractivity contribution in [1.82, 2.24) is 18.8 Å². The molecule has 11 rings (SSSR count). The van der Waals surface area contributed by atoms with Crippen LogP contribution in [0.3, 0.4) is 0 Å². The van der Waals surface area contributed by atoms with Gasteiger partial charge in [0.1, 0.15) is 23.0 Å². The van der Waals surface area contributed by atoms with Crippen molar-refractivity contribution in [2.45, 2.75) is 58.8 Å². The summed E-state index contributed by atoms with van der Waals surface area (Å²) < 4.78 is 65.8. The zero-order valence-corrected chi connectivity index (χ0v) is 43.6. The number of pyridine rings is 2. The number of ketones is 1. The van der Waals surface area contributed by atoms with Crippen molar-refractivity contribution in [2.75, 3.05) is 64.4 Å². The molecule has 0 radical (unpaired) electrons. The molecule has 0 spiro atoms. The van der Waals surface area contributed by atoms with E-state index in [4.69, 9.17) is 33.4 Å². The molecule has 0 unspecified atom stereocenters. The number of anilines is 2. The molecule has 77 heavy (non-hydrogen) atoms. The quantitative estimate of drug-likeness (QED) is 0.0695. The number of hydrogen-bond acceptors (Lipinski definition) is 12. The molecule has 8 aromatic rings. The summed E-state index contributed by atoms with van der Waals surface area (Å²) in [7, 11) is 2.84. The summed E-state index contributed by atoms with van der Waals surface area (Å²) in [5.41, 5.74) is 9.15. The van der Waals surface area contributed by atoms with Crippen molar-refractivity contribution in [3.05, 3.63) is 144 Å². The summed E-state index contributed by atoms with van der Waals surface area (Å²) in [6.07, 6.45) is 14.2. The Morgan fingerprint density at radius 2 is 1.05 bits per heavy atom. The Morgan fingerprint density at radius 1 is 0.597 bits per heavy atom. The molecule has 15 nitrogen and oxygen atoms in total. The van der Waals surface area contributed by atoms with Gasteiger partial charge in [0.05, 0.1) is 67.3 Å². The number of hydrogen-bond donors (Lipinski definition) is 3. The highest BCUT2D eigenvalue weighted by Gasteiger charge is 2.26. The Kier molecular flexibility index (Phi) is 16.0. The minimum Gasteiger partial charge on any atom is -0.494 e. The summed E-state index contributed by atoms with van der Waals surface area (Å²) in [5.74, 6) is 1.80. The molecule has 3 fully saturated rings. The zero-order chi connectivity index (χ0) is 53.6. The second kappa shape index (κ2) is 23.5. The Balaban J connectivity index is 0.000000175. The molecule has 17 heteroatoms. The first-order valence-electron chi connectivity index (χ1n) is 26.1. The minimum atomic E-state index is -0.968. The molecule has 3 N–H and O–H groups in total. The van der Waals surface area contributed by atoms with Crippen molar-refractivity contribution in [1.29, 1.82) is 0 Å². The van der Waals surface area contributed by atoms with Crippen LogP contribution in [0.5, 0.6) is 34.5 Å². The molecule has 1 saturated carbocycles. The third kappa shape index (κ3) is 12.3. The molecule has 0 bridgehead atoms. The van der Waals surface area contributed by atoms with Crippen LogP contribution in [0.4, 0.5) is 20.2 Å². The van der Waals surface area contributed by atoms with Gasteiger partial charge < -0.3 is 44.2 Å². The van der Waals surface area contributed by atoms with E-state index in [9.17, 15) is 23.5 Å². The van der Waals surface area contributed by atoms with Gasteiger partial charge in [-0.1, -0.05) is 18.2 Å². The van der Waals surface area contributed by atoms with Crippen molar-refractivity contribution >= 4 is 34.4 Å². The molecule has 4 aromatic carbocycles. The number of aromatic carboxylic acids is 1. The first kappa shape index (κ1) is 52.4.